The van der Waals surface area contributed by atoms with E-state index in [1.54, 1.807) is 0 Å². The van der Waals surface area contributed by atoms with E-state index in [-0.39, 0.29) is 29.8 Å². The Hall–Kier alpha value is -1.80. The first-order valence-electron chi connectivity index (χ1n) is 7.92. The van der Waals surface area contributed by atoms with Gasteiger partial charge in [-0.1, -0.05) is 6.42 Å². The van der Waals surface area contributed by atoms with Crippen LogP contribution in [0.4, 0.5) is 23.7 Å². The molecule has 134 valence electrons. The molecule has 2 atom stereocenters. The molecule has 0 spiro atoms. The van der Waals surface area contributed by atoms with Crippen molar-refractivity contribution in [3.63, 3.8) is 0 Å². The quantitative estimate of drug-likeness (QED) is 0.677. The lowest BCUT2D eigenvalue weighted by Gasteiger charge is -2.25. The number of aliphatic hydroxyl groups is 1. The molecule has 5 N–H and O–H groups in total. The fraction of sp³-hybridized carbons (Fsp3) is 0.562. The number of aliphatic hydroxyl groups excluding tert-OH is 1. The summed E-state index contributed by atoms with van der Waals surface area (Å²) in [5, 5.41) is 14.7. The lowest BCUT2D eigenvalue weighted by molar-refractivity contribution is -0.137. The number of hydrogen-bond donors (Lipinski definition) is 4. The molecule has 1 saturated carbocycles. The number of amides is 2. The van der Waals surface area contributed by atoms with E-state index >= 15 is 0 Å². The third-order valence-corrected chi connectivity index (χ3v) is 4.12. The van der Waals surface area contributed by atoms with Gasteiger partial charge in [0.25, 0.3) is 0 Å². The summed E-state index contributed by atoms with van der Waals surface area (Å²) >= 11 is 0. The van der Waals surface area contributed by atoms with Gasteiger partial charge in [0.2, 0.25) is 0 Å². The Balaban J connectivity index is 1.95. The lowest BCUT2D eigenvalue weighted by atomic mass is 9.87. The molecule has 2 amide bonds. The molecule has 0 saturated heterocycles. The molecular weight excluding hydrogens is 323 g/mol. The summed E-state index contributed by atoms with van der Waals surface area (Å²) < 4.78 is 38.6. The van der Waals surface area contributed by atoms with Gasteiger partial charge in [-0.05, 0) is 48.9 Å². The molecule has 2 unspecified atom stereocenters. The SMILES string of the molecule is NCc1cc(NC(=O)NCC2CCCC(O)C2)cc(C(F)(F)F)c1. The summed E-state index contributed by atoms with van der Waals surface area (Å²) in [5.41, 5.74) is 4.90. The largest absolute Gasteiger partial charge is 0.416 e. The fourth-order valence-electron chi connectivity index (χ4n) is 2.91. The number of nitrogens with one attached hydrogen (secondary N) is 2. The minimum absolute atomic E-state index is 0.0476. The second kappa shape index (κ2) is 7.85. The highest BCUT2D eigenvalue weighted by Crippen LogP contribution is 2.32. The van der Waals surface area contributed by atoms with Gasteiger partial charge in [-0.3, -0.25) is 0 Å². The monoisotopic (exact) mass is 345 g/mol. The Bertz CT molecular complexity index is 578. The van der Waals surface area contributed by atoms with Crippen LogP contribution in [-0.2, 0) is 12.7 Å². The van der Waals surface area contributed by atoms with Crippen molar-refractivity contribution in [2.45, 2.75) is 44.5 Å². The Morgan fingerprint density at radius 1 is 1.29 bits per heavy atom. The van der Waals surface area contributed by atoms with Crippen LogP contribution in [0, 0.1) is 5.92 Å². The maximum Gasteiger partial charge on any atom is 0.416 e. The first-order chi connectivity index (χ1) is 11.3. The highest BCUT2D eigenvalue weighted by Gasteiger charge is 2.31. The maximum absolute atomic E-state index is 12.9. The Morgan fingerprint density at radius 2 is 2.04 bits per heavy atom. The van der Waals surface area contributed by atoms with Crippen LogP contribution < -0.4 is 16.4 Å². The van der Waals surface area contributed by atoms with Crippen LogP contribution in [0.1, 0.15) is 36.8 Å². The predicted octanol–water partition coefficient (Wildman–Crippen LogP) is 2.84. The number of urea groups is 1. The van der Waals surface area contributed by atoms with E-state index in [0.29, 0.717) is 13.0 Å². The van der Waals surface area contributed by atoms with E-state index in [1.807, 2.05) is 0 Å². The Kier molecular flexibility index (Phi) is 6.06. The average Bonchev–Trinajstić information content (AvgIpc) is 2.52. The molecule has 8 heteroatoms. The number of rotatable bonds is 4. The van der Waals surface area contributed by atoms with Crippen molar-refractivity contribution in [3.8, 4) is 0 Å². The zero-order valence-electron chi connectivity index (χ0n) is 13.2. The lowest BCUT2D eigenvalue weighted by Crippen LogP contribution is -2.35. The summed E-state index contributed by atoms with van der Waals surface area (Å²) in [4.78, 5) is 11.9. The second-order valence-corrected chi connectivity index (χ2v) is 6.14. The topological polar surface area (TPSA) is 87.4 Å². The Morgan fingerprint density at radius 3 is 2.67 bits per heavy atom. The number of benzene rings is 1. The highest BCUT2D eigenvalue weighted by atomic mass is 19.4. The molecule has 2 rings (SSSR count). The van der Waals surface area contributed by atoms with Gasteiger partial charge in [0.15, 0.2) is 0 Å². The minimum atomic E-state index is -4.50. The van der Waals surface area contributed by atoms with Crippen LogP contribution in [0.2, 0.25) is 0 Å². The van der Waals surface area contributed by atoms with E-state index in [4.69, 9.17) is 5.73 Å². The van der Waals surface area contributed by atoms with Crippen molar-refractivity contribution in [1.82, 2.24) is 5.32 Å². The van der Waals surface area contributed by atoms with Gasteiger partial charge in [-0.2, -0.15) is 13.2 Å². The molecule has 5 nitrogen and oxygen atoms in total. The maximum atomic E-state index is 12.9. The first kappa shape index (κ1) is 18.5. The first-order valence-corrected chi connectivity index (χ1v) is 7.92. The predicted molar refractivity (Wildman–Crippen MR) is 84.3 cm³/mol. The zero-order valence-corrected chi connectivity index (χ0v) is 13.2. The van der Waals surface area contributed by atoms with Crippen molar-refractivity contribution < 1.29 is 23.1 Å². The van der Waals surface area contributed by atoms with Crippen LogP contribution in [0.25, 0.3) is 0 Å². The van der Waals surface area contributed by atoms with Crippen molar-refractivity contribution in [1.29, 1.82) is 0 Å². The average molecular weight is 345 g/mol. The van der Waals surface area contributed by atoms with Gasteiger partial charge >= 0.3 is 12.2 Å². The Labute approximate surface area is 138 Å². The number of nitrogens with two attached hydrogens (primary N) is 1. The number of carbonyl (C=O) groups excluding carboxylic acids is 1. The van der Waals surface area contributed by atoms with E-state index in [9.17, 15) is 23.1 Å². The van der Waals surface area contributed by atoms with Gasteiger partial charge in [0.05, 0.1) is 11.7 Å². The molecule has 0 radical (unpaired) electrons. The van der Waals surface area contributed by atoms with Crippen molar-refractivity contribution in [3.05, 3.63) is 29.3 Å². The number of anilines is 1. The van der Waals surface area contributed by atoms with E-state index < -0.39 is 17.8 Å². The van der Waals surface area contributed by atoms with E-state index in [2.05, 4.69) is 10.6 Å². The fourth-order valence-corrected chi connectivity index (χ4v) is 2.91. The molecule has 1 aromatic rings. The number of alkyl halides is 3. The molecule has 0 heterocycles. The highest BCUT2D eigenvalue weighted by molar-refractivity contribution is 5.89. The van der Waals surface area contributed by atoms with Crippen LogP contribution >= 0.6 is 0 Å². The summed E-state index contributed by atoms with van der Waals surface area (Å²) in [6.45, 7) is 0.325. The summed E-state index contributed by atoms with van der Waals surface area (Å²) in [7, 11) is 0. The van der Waals surface area contributed by atoms with Crippen LogP contribution in [-0.4, -0.2) is 23.8 Å². The summed E-state index contributed by atoms with van der Waals surface area (Å²) in [6.07, 6.45) is -1.63. The second-order valence-electron chi connectivity index (χ2n) is 6.14. The number of halogens is 3. The van der Waals surface area contributed by atoms with Gasteiger partial charge < -0.3 is 21.5 Å². The third-order valence-electron chi connectivity index (χ3n) is 4.12. The summed E-state index contributed by atoms with van der Waals surface area (Å²) in [6, 6.07) is 2.69. The minimum Gasteiger partial charge on any atom is -0.393 e. The molecule has 0 aromatic heterocycles. The van der Waals surface area contributed by atoms with Gasteiger partial charge in [0, 0.05) is 18.8 Å². The van der Waals surface area contributed by atoms with E-state index in [1.165, 1.54) is 6.07 Å². The van der Waals surface area contributed by atoms with Crippen molar-refractivity contribution in [2.24, 2.45) is 11.7 Å². The van der Waals surface area contributed by atoms with Crippen molar-refractivity contribution >= 4 is 11.7 Å². The zero-order chi connectivity index (χ0) is 17.7. The van der Waals surface area contributed by atoms with Crippen LogP contribution in [0.3, 0.4) is 0 Å². The van der Waals surface area contributed by atoms with Gasteiger partial charge in [-0.15, -0.1) is 0 Å². The van der Waals surface area contributed by atoms with Crippen LogP contribution in [0.15, 0.2) is 18.2 Å². The third kappa shape index (κ3) is 5.38. The number of carbonyl (C=O) groups is 1. The van der Waals surface area contributed by atoms with Gasteiger partial charge in [0.1, 0.15) is 0 Å². The molecule has 0 aliphatic heterocycles. The molecule has 1 aliphatic carbocycles. The molecule has 1 aliphatic rings. The molecule has 0 bridgehead atoms. The molecule has 24 heavy (non-hydrogen) atoms. The van der Waals surface area contributed by atoms with Gasteiger partial charge in [-0.25, -0.2) is 4.79 Å². The smallest absolute Gasteiger partial charge is 0.393 e. The number of hydrogen-bond acceptors (Lipinski definition) is 3. The molecule has 1 aromatic carbocycles. The normalized spacial score (nSPS) is 21.4. The van der Waals surface area contributed by atoms with E-state index in [0.717, 1.165) is 31.4 Å². The van der Waals surface area contributed by atoms with Crippen molar-refractivity contribution in [2.75, 3.05) is 11.9 Å². The van der Waals surface area contributed by atoms with Crippen LogP contribution in [0.5, 0.6) is 0 Å². The standard InChI is InChI=1S/C16H22F3N3O2/c17-16(18,19)12-4-11(8-20)5-13(7-12)22-15(24)21-9-10-2-1-3-14(23)6-10/h4-5,7,10,14,23H,1-3,6,8-9,20H2,(H2,21,22,24). The molecular formula is C16H22F3N3O2. The molecule has 1 fully saturated rings. The summed E-state index contributed by atoms with van der Waals surface area (Å²) in [5.74, 6) is 0.181.